The number of hydrogen-bond acceptors (Lipinski definition) is 5. The first-order valence-corrected chi connectivity index (χ1v) is 8.75. The van der Waals surface area contributed by atoms with Crippen LogP contribution in [0.1, 0.15) is 46.1 Å². The predicted molar refractivity (Wildman–Crippen MR) is 98.1 cm³/mol. The molecule has 6 nitrogen and oxygen atoms in total. The van der Waals surface area contributed by atoms with E-state index in [0.717, 1.165) is 5.56 Å². The Morgan fingerprint density at radius 2 is 2.04 bits per heavy atom. The Kier molecular flexibility index (Phi) is 5.22. The molecule has 1 aromatic carbocycles. The molecule has 1 saturated heterocycles. The third kappa shape index (κ3) is 4.29. The topological polar surface area (TPSA) is 82.5 Å². The van der Waals surface area contributed by atoms with Gasteiger partial charge < -0.3 is 4.74 Å². The Morgan fingerprint density at radius 1 is 1.38 bits per heavy atom. The molecule has 24 heavy (non-hydrogen) atoms. The van der Waals surface area contributed by atoms with Crippen LogP contribution in [-0.2, 0) is 9.53 Å². The summed E-state index contributed by atoms with van der Waals surface area (Å²) in [4.78, 5) is 25.5. The molecular weight excluding hydrogens is 326 g/mol. The normalized spacial score (nSPS) is 15.2. The Bertz CT molecular complexity index is 664. The first-order chi connectivity index (χ1) is 11.1. The van der Waals surface area contributed by atoms with Gasteiger partial charge in [0.25, 0.3) is 0 Å². The molecule has 7 heteroatoms. The maximum Gasteiger partial charge on any atom is 0.412 e. The number of hydrogen-bond donors (Lipinski definition) is 2. The molecule has 2 amide bonds. The molecule has 0 aromatic heterocycles. The lowest BCUT2D eigenvalue weighted by Crippen LogP contribution is -2.30. The molecule has 2 N–H and O–H groups in total. The monoisotopic (exact) mass is 349 g/mol. The van der Waals surface area contributed by atoms with Crippen molar-refractivity contribution < 1.29 is 14.3 Å². The second kappa shape index (κ2) is 6.84. The summed E-state index contributed by atoms with van der Waals surface area (Å²) < 4.78 is 5.25. The van der Waals surface area contributed by atoms with Gasteiger partial charge in [0.15, 0.2) is 5.17 Å². The van der Waals surface area contributed by atoms with E-state index >= 15 is 0 Å². The van der Waals surface area contributed by atoms with E-state index in [-0.39, 0.29) is 22.7 Å². The standard InChI is InChI=1S/C17H23N3O3S/c1-10(2)12-7-6-11(19-16(22)23-17(3,4)5)8-13(12)20-14(21)9-24-15(20)18/h6-8,10,18H,9H2,1-5H3,(H,19,22). The number of amidine groups is 1. The minimum absolute atomic E-state index is 0.124. The fourth-order valence-corrected chi connectivity index (χ4v) is 3.06. The van der Waals surface area contributed by atoms with Crippen molar-refractivity contribution >= 4 is 40.3 Å². The van der Waals surface area contributed by atoms with Crippen LogP contribution < -0.4 is 10.2 Å². The summed E-state index contributed by atoms with van der Waals surface area (Å²) in [6, 6.07) is 5.37. The number of carbonyl (C=O) groups excluding carboxylic acids is 2. The van der Waals surface area contributed by atoms with E-state index in [1.165, 1.54) is 16.7 Å². The van der Waals surface area contributed by atoms with Crippen molar-refractivity contribution in [2.24, 2.45) is 0 Å². The van der Waals surface area contributed by atoms with Gasteiger partial charge in [-0.3, -0.25) is 20.4 Å². The van der Waals surface area contributed by atoms with E-state index in [2.05, 4.69) is 5.32 Å². The quantitative estimate of drug-likeness (QED) is 0.858. The Labute approximate surface area is 146 Å². The molecule has 1 aliphatic rings. The number of rotatable bonds is 3. The van der Waals surface area contributed by atoms with Crippen LogP contribution in [0, 0.1) is 5.41 Å². The lowest BCUT2D eigenvalue weighted by atomic mass is 10.00. The number of nitrogens with zero attached hydrogens (tertiary/aromatic N) is 1. The SMILES string of the molecule is CC(C)c1ccc(NC(=O)OC(C)(C)C)cc1N1C(=N)SCC1=O. The van der Waals surface area contributed by atoms with E-state index in [1.807, 2.05) is 19.9 Å². The average Bonchev–Trinajstić information content (AvgIpc) is 2.75. The van der Waals surface area contributed by atoms with Crippen LogP contribution in [0.15, 0.2) is 18.2 Å². The summed E-state index contributed by atoms with van der Waals surface area (Å²) in [7, 11) is 0. The fraction of sp³-hybridized carbons (Fsp3) is 0.471. The van der Waals surface area contributed by atoms with Crippen LogP contribution in [0.4, 0.5) is 16.2 Å². The molecule has 0 radical (unpaired) electrons. The van der Waals surface area contributed by atoms with E-state index < -0.39 is 11.7 Å². The minimum Gasteiger partial charge on any atom is -0.444 e. The Morgan fingerprint density at radius 3 is 2.54 bits per heavy atom. The highest BCUT2D eigenvalue weighted by Crippen LogP contribution is 2.35. The van der Waals surface area contributed by atoms with Crippen molar-refractivity contribution in [1.82, 2.24) is 0 Å². The van der Waals surface area contributed by atoms with E-state index in [0.29, 0.717) is 11.4 Å². The number of ether oxygens (including phenoxy) is 1. The van der Waals surface area contributed by atoms with Gasteiger partial charge in [-0.15, -0.1) is 0 Å². The molecule has 0 spiro atoms. The van der Waals surface area contributed by atoms with Gasteiger partial charge >= 0.3 is 6.09 Å². The van der Waals surface area contributed by atoms with Crippen LogP contribution in [0.5, 0.6) is 0 Å². The zero-order valence-corrected chi connectivity index (χ0v) is 15.4. The van der Waals surface area contributed by atoms with Gasteiger partial charge in [-0.2, -0.15) is 0 Å². The maximum absolute atomic E-state index is 12.1. The molecule has 0 saturated carbocycles. The number of anilines is 2. The van der Waals surface area contributed by atoms with Crippen molar-refractivity contribution in [3.8, 4) is 0 Å². The third-order valence-electron chi connectivity index (χ3n) is 3.32. The van der Waals surface area contributed by atoms with Crippen LogP contribution in [0.2, 0.25) is 0 Å². The summed E-state index contributed by atoms with van der Waals surface area (Å²) in [5.41, 5.74) is 1.53. The highest BCUT2D eigenvalue weighted by molar-refractivity contribution is 8.15. The van der Waals surface area contributed by atoms with Gasteiger partial charge in [0.1, 0.15) is 5.60 Å². The van der Waals surface area contributed by atoms with Crippen LogP contribution in [0.3, 0.4) is 0 Å². The molecule has 1 heterocycles. The van der Waals surface area contributed by atoms with Crippen LogP contribution >= 0.6 is 11.8 Å². The maximum atomic E-state index is 12.1. The molecule has 0 unspecified atom stereocenters. The Balaban J connectivity index is 2.33. The summed E-state index contributed by atoms with van der Waals surface area (Å²) in [6.07, 6.45) is -0.553. The van der Waals surface area contributed by atoms with Crippen LogP contribution in [0.25, 0.3) is 0 Å². The van der Waals surface area contributed by atoms with Gasteiger partial charge in [0, 0.05) is 5.69 Å². The van der Waals surface area contributed by atoms with Crippen molar-refractivity contribution in [1.29, 1.82) is 5.41 Å². The molecule has 130 valence electrons. The first kappa shape index (κ1) is 18.3. The number of thioether (sulfide) groups is 1. The molecule has 1 aromatic rings. The molecule has 0 aliphatic carbocycles. The van der Waals surface area contributed by atoms with Crippen LogP contribution in [-0.4, -0.2) is 28.5 Å². The highest BCUT2D eigenvalue weighted by Gasteiger charge is 2.30. The lowest BCUT2D eigenvalue weighted by Gasteiger charge is -2.23. The summed E-state index contributed by atoms with van der Waals surface area (Å²) in [5.74, 6) is 0.322. The smallest absolute Gasteiger partial charge is 0.412 e. The molecule has 1 fully saturated rings. The lowest BCUT2D eigenvalue weighted by molar-refractivity contribution is -0.115. The van der Waals surface area contributed by atoms with E-state index in [4.69, 9.17) is 10.1 Å². The Hall–Kier alpha value is -2.02. The molecular formula is C17H23N3O3S. The molecule has 0 bridgehead atoms. The predicted octanol–water partition coefficient (Wildman–Crippen LogP) is 4.17. The summed E-state index contributed by atoms with van der Waals surface area (Å²) in [5, 5.41) is 10.9. The molecule has 2 rings (SSSR count). The highest BCUT2D eigenvalue weighted by atomic mass is 32.2. The summed E-state index contributed by atoms with van der Waals surface area (Å²) in [6.45, 7) is 9.43. The van der Waals surface area contributed by atoms with Crippen molar-refractivity contribution in [3.05, 3.63) is 23.8 Å². The molecule has 0 atom stereocenters. The van der Waals surface area contributed by atoms with Crippen molar-refractivity contribution in [2.75, 3.05) is 16.0 Å². The minimum atomic E-state index is -0.589. The largest absolute Gasteiger partial charge is 0.444 e. The molecule has 1 aliphatic heterocycles. The zero-order chi connectivity index (χ0) is 18.1. The second-order valence-electron chi connectivity index (χ2n) is 6.88. The van der Waals surface area contributed by atoms with Gasteiger partial charge in [-0.1, -0.05) is 31.7 Å². The van der Waals surface area contributed by atoms with Gasteiger partial charge in [-0.05, 0) is 44.4 Å². The van der Waals surface area contributed by atoms with Gasteiger partial charge in [0.2, 0.25) is 5.91 Å². The fourth-order valence-electron chi connectivity index (χ4n) is 2.34. The first-order valence-electron chi connectivity index (χ1n) is 7.77. The van der Waals surface area contributed by atoms with E-state index in [9.17, 15) is 9.59 Å². The second-order valence-corrected chi connectivity index (χ2v) is 7.84. The van der Waals surface area contributed by atoms with Gasteiger partial charge in [-0.25, -0.2) is 4.79 Å². The number of benzene rings is 1. The van der Waals surface area contributed by atoms with Crippen molar-refractivity contribution in [3.63, 3.8) is 0 Å². The van der Waals surface area contributed by atoms with Crippen molar-refractivity contribution in [2.45, 2.75) is 46.1 Å². The number of amides is 2. The third-order valence-corrected chi connectivity index (χ3v) is 4.17. The zero-order valence-electron chi connectivity index (χ0n) is 14.6. The summed E-state index contributed by atoms with van der Waals surface area (Å²) >= 11 is 1.20. The average molecular weight is 349 g/mol. The van der Waals surface area contributed by atoms with E-state index in [1.54, 1.807) is 32.9 Å². The number of carbonyl (C=O) groups is 2. The number of nitrogens with one attached hydrogen (secondary N) is 2. The van der Waals surface area contributed by atoms with Gasteiger partial charge in [0.05, 0.1) is 11.4 Å².